The number of likely N-dealkylation sites (N-methyl/N-ethyl adjacent to an activating group) is 1. The number of nitrogens with zero attached hydrogens (tertiary/aromatic N) is 2. The lowest BCUT2D eigenvalue weighted by Gasteiger charge is -2.21. The van der Waals surface area contributed by atoms with E-state index in [4.69, 9.17) is 0 Å². The molecule has 7 heteroatoms. The average Bonchev–Trinajstić information content (AvgIpc) is 2.55. The molecule has 1 aromatic carbocycles. The molecule has 0 saturated carbocycles. The number of carbonyl (C=O) groups excluding carboxylic acids is 2. The molecule has 1 aromatic rings. The van der Waals surface area contributed by atoms with E-state index in [1.807, 2.05) is 31.1 Å². The van der Waals surface area contributed by atoms with Gasteiger partial charge in [-0.25, -0.2) is 0 Å². The highest BCUT2D eigenvalue weighted by molar-refractivity contribution is 9.10. The molecule has 0 aliphatic heterocycles. The minimum atomic E-state index is -0.574. The number of allylic oxidation sites excluding steroid dienone is 2. The van der Waals surface area contributed by atoms with Crippen LogP contribution in [0.15, 0.2) is 45.1 Å². The summed E-state index contributed by atoms with van der Waals surface area (Å²) in [5, 5.41) is 12.9. The van der Waals surface area contributed by atoms with Crippen molar-refractivity contribution in [3.05, 3.63) is 40.1 Å². The lowest BCUT2D eigenvalue weighted by molar-refractivity contribution is -0.125. The number of aliphatic imine (C=N–C) groups is 1. The van der Waals surface area contributed by atoms with E-state index in [0.29, 0.717) is 12.2 Å². The number of hydrogen-bond donors (Lipinski definition) is 2. The summed E-state index contributed by atoms with van der Waals surface area (Å²) in [6.45, 7) is 1.31. The number of rotatable bonds is 6. The largest absolute Gasteiger partial charge is 0.511 e. The number of ketones is 1. The number of aliphatic hydroxyl groups is 1. The van der Waals surface area contributed by atoms with Crippen LogP contribution in [0, 0.1) is 5.92 Å². The van der Waals surface area contributed by atoms with E-state index in [2.05, 4.69) is 26.2 Å². The molecule has 0 bridgehead atoms. The molecule has 1 unspecified atom stereocenters. The van der Waals surface area contributed by atoms with Crippen molar-refractivity contribution in [2.75, 3.05) is 32.5 Å². The Morgan fingerprint density at radius 3 is 2.64 bits per heavy atom. The van der Waals surface area contributed by atoms with Gasteiger partial charge in [-0.2, -0.15) is 0 Å². The zero-order valence-corrected chi connectivity index (χ0v) is 15.9. The Morgan fingerprint density at radius 1 is 1.36 bits per heavy atom. The quantitative estimate of drug-likeness (QED) is 0.710. The number of halogens is 1. The van der Waals surface area contributed by atoms with Crippen LogP contribution in [0.3, 0.4) is 0 Å². The number of Topliss-reactive ketones (excluding diaryl/α,β-unsaturated/α-hetero) is 1. The van der Waals surface area contributed by atoms with Crippen LogP contribution in [0.5, 0.6) is 0 Å². The Balaban J connectivity index is 1.98. The van der Waals surface area contributed by atoms with Gasteiger partial charge in [0.05, 0.1) is 18.0 Å². The van der Waals surface area contributed by atoms with Crippen molar-refractivity contribution < 1.29 is 14.7 Å². The maximum atomic E-state index is 12.3. The Hall–Kier alpha value is -1.99. The molecule has 134 valence electrons. The summed E-state index contributed by atoms with van der Waals surface area (Å²) < 4.78 is 0.914. The topological polar surface area (TPSA) is 82.0 Å². The van der Waals surface area contributed by atoms with E-state index >= 15 is 0 Å². The molecule has 1 atom stereocenters. The second kappa shape index (κ2) is 8.92. The van der Waals surface area contributed by atoms with E-state index in [1.54, 1.807) is 12.1 Å². The smallest absolute Gasteiger partial charge is 0.228 e. The lowest BCUT2D eigenvalue weighted by Crippen LogP contribution is -2.30. The van der Waals surface area contributed by atoms with Gasteiger partial charge in [0.25, 0.3) is 0 Å². The zero-order chi connectivity index (χ0) is 18.4. The molecule has 2 rings (SSSR count). The molecule has 1 aliphatic rings. The van der Waals surface area contributed by atoms with Gasteiger partial charge in [-0.3, -0.25) is 14.6 Å². The van der Waals surface area contributed by atoms with Crippen LogP contribution in [-0.4, -0.2) is 55.1 Å². The Kier molecular flexibility index (Phi) is 6.90. The van der Waals surface area contributed by atoms with Gasteiger partial charge in [-0.1, -0.05) is 15.9 Å². The number of anilines is 1. The maximum absolute atomic E-state index is 12.3. The van der Waals surface area contributed by atoms with Crippen molar-refractivity contribution >= 4 is 39.5 Å². The van der Waals surface area contributed by atoms with Crippen molar-refractivity contribution in [2.45, 2.75) is 12.8 Å². The number of carbonyl (C=O) groups is 2. The summed E-state index contributed by atoms with van der Waals surface area (Å²) in [4.78, 5) is 30.7. The molecule has 2 N–H and O–H groups in total. The Labute approximate surface area is 155 Å². The van der Waals surface area contributed by atoms with E-state index < -0.39 is 5.92 Å². The van der Waals surface area contributed by atoms with Crippen molar-refractivity contribution in [1.82, 2.24) is 4.90 Å². The first-order chi connectivity index (χ1) is 11.9. The monoisotopic (exact) mass is 407 g/mol. The third kappa shape index (κ3) is 5.79. The van der Waals surface area contributed by atoms with Gasteiger partial charge in [0.1, 0.15) is 5.76 Å². The van der Waals surface area contributed by atoms with Gasteiger partial charge >= 0.3 is 0 Å². The second-order valence-corrected chi connectivity index (χ2v) is 7.14. The van der Waals surface area contributed by atoms with E-state index in [1.165, 1.54) is 6.21 Å². The molecule has 0 aromatic heterocycles. The van der Waals surface area contributed by atoms with E-state index in [9.17, 15) is 14.7 Å². The summed E-state index contributed by atoms with van der Waals surface area (Å²) in [5.41, 5.74) is 0.867. The predicted octanol–water partition coefficient (Wildman–Crippen LogP) is 2.81. The van der Waals surface area contributed by atoms with Crippen LogP contribution < -0.4 is 5.32 Å². The summed E-state index contributed by atoms with van der Waals surface area (Å²) in [7, 11) is 3.87. The van der Waals surface area contributed by atoms with Gasteiger partial charge < -0.3 is 15.3 Å². The van der Waals surface area contributed by atoms with Crippen molar-refractivity contribution in [3.8, 4) is 0 Å². The van der Waals surface area contributed by atoms with Crippen molar-refractivity contribution in [1.29, 1.82) is 0 Å². The first-order valence-corrected chi connectivity index (χ1v) is 8.82. The standard InChI is InChI=1S/C18H22BrN3O3/c1-22(2)8-7-20-11-15-16(23)9-12(10-17(15)24)18(25)21-14-5-3-13(19)4-6-14/h3-6,11-12,23H,7-10H2,1-2H3,(H,21,25). The summed E-state index contributed by atoms with van der Waals surface area (Å²) in [5.74, 6) is -1.17. The third-order valence-electron chi connectivity index (χ3n) is 3.86. The Morgan fingerprint density at radius 2 is 2.04 bits per heavy atom. The fraction of sp³-hybridized carbons (Fsp3) is 0.389. The fourth-order valence-corrected chi connectivity index (χ4v) is 2.70. The molecule has 0 heterocycles. The molecule has 0 radical (unpaired) electrons. The highest BCUT2D eigenvalue weighted by Crippen LogP contribution is 2.26. The van der Waals surface area contributed by atoms with Crippen LogP contribution in [0.4, 0.5) is 5.69 Å². The van der Waals surface area contributed by atoms with E-state index in [-0.39, 0.29) is 35.9 Å². The molecular weight excluding hydrogens is 386 g/mol. The van der Waals surface area contributed by atoms with Crippen LogP contribution in [0.2, 0.25) is 0 Å². The predicted molar refractivity (Wildman–Crippen MR) is 102 cm³/mol. The van der Waals surface area contributed by atoms with Crippen LogP contribution in [0.1, 0.15) is 12.8 Å². The van der Waals surface area contributed by atoms with Gasteiger partial charge in [-0.05, 0) is 38.4 Å². The summed E-state index contributed by atoms with van der Waals surface area (Å²) in [6.07, 6.45) is 1.63. The maximum Gasteiger partial charge on any atom is 0.228 e. The first-order valence-electron chi connectivity index (χ1n) is 8.03. The lowest BCUT2D eigenvalue weighted by atomic mass is 9.87. The summed E-state index contributed by atoms with van der Waals surface area (Å²) in [6, 6.07) is 7.18. The minimum absolute atomic E-state index is 0.0687. The molecule has 1 amide bonds. The van der Waals surface area contributed by atoms with Crippen molar-refractivity contribution in [3.63, 3.8) is 0 Å². The minimum Gasteiger partial charge on any atom is -0.511 e. The SMILES string of the molecule is CN(C)CCN=CC1=C(O)CC(C(=O)Nc2ccc(Br)cc2)CC1=O. The first kappa shape index (κ1) is 19.3. The number of hydrogen-bond acceptors (Lipinski definition) is 5. The molecule has 25 heavy (non-hydrogen) atoms. The number of amides is 1. The second-order valence-electron chi connectivity index (χ2n) is 6.22. The fourth-order valence-electron chi connectivity index (χ4n) is 2.43. The van der Waals surface area contributed by atoms with Crippen molar-refractivity contribution in [2.24, 2.45) is 10.9 Å². The van der Waals surface area contributed by atoms with Gasteiger partial charge in [0, 0.05) is 35.8 Å². The molecule has 6 nitrogen and oxygen atoms in total. The van der Waals surface area contributed by atoms with Gasteiger partial charge in [0.2, 0.25) is 5.91 Å². The molecule has 1 aliphatic carbocycles. The number of aliphatic hydroxyl groups excluding tert-OH is 1. The van der Waals surface area contributed by atoms with Gasteiger partial charge in [-0.15, -0.1) is 0 Å². The number of nitrogens with one attached hydrogen (secondary N) is 1. The molecule has 0 fully saturated rings. The van der Waals surface area contributed by atoms with Gasteiger partial charge in [0.15, 0.2) is 5.78 Å². The van der Waals surface area contributed by atoms with E-state index in [0.717, 1.165) is 11.0 Å². The highest BCUT2D eigenvalue weighted by Gasteiger charge is 2.31. The number of benzene rings is 1. The molecule has 0 saturated heterocycles. The third-order valence-corrected chi connectivity index (χ3v) is 4.39. The summed E-state index contributed by atoms with van der Waals surface area (Å²) >= 11 is 3.33. The van der Waals surface area contributed by atoms with Crippen LogP contribution in [-0.2, 0) is 9.59 Å². The van der Waals surface area contributed by atoms with Crippen LogP contribution >= 0.6 is 15.9 Å². The van der Waals surface area contributed by atoms with Crippen LogP contribution in [0.25, 0.3) is 0 Å². The average molecular weight is 408 g/mol. The molecular formula is C18H22BrN3O3. The Bertz CT molecular complexity index is 696. The highest BCUT2D eigenvalue weighted by atomic mass is 79.9. The molecule has 0 spiro atoms. The zero-order valence-electron chi connectivity index (χ0n) is 14.3. The normalized spacial score (nSPS) is 18.2.